The minimum atomic E-state index is -0.00625. The Morgan fingerprint density at radius 2 is 1.91 bits per heavy atom. The molecule has 0 bridgehead atoms. The van der Waals surface area contributed by atoms with E-state index in [0.717, 1.165) is 5.56 Å². The van der Waals surface area contributed by atoms with Crippen molar-refractivity contribution in [2.45, 2.75) is 19.3 Å². The van der Waals surface area contributed by atoms with E-state index in [-0.39, 0.29) is 5.41 Å². The molecule has 0 amide bonds. The molecule has 0 aromatic heterocycles. The molecule has 58 valence electrons. The highest BCUT2D eigenvalue weighted by Gasteiger charge is 2.12. The van der Waals surface area contributed by atoms with Gasteiger partial charge in [0.1, 0.15) is 0 Å². The van der Waals surface area contributed by atoms with Gasteiger partial charge in [0.2, 0.25) is 0 Å². The van der Waals surface area contributed by atoms with Gasteiger partial charge in [0.25, 0.3) is 0 Å². The molecule has 0 saturated heterocycles. The SMILES string of the molecule is [CH2]c1cccc(C([CH2])(C)C)c1. The molecule has 1 aromatic rings. The van der Waals surface area contributed by atoms with Crippen LogP contribution in [0.3, 0.4) is 0 Å². The Balaban J connectivity index is 3.06. The molecule has 0 saturated carbocycles. The lowest BCUT2D eigenvalue weighted by Crippen LogP contribution is -2.11. The first kappa shape index (κ1) is 8.32. The van der Waals surface area contributed by atoms with Crippen LogP contribution in [0.1, 0.15) is 25.0 Å². The van der Waals surface area contributed by atoms with Crippen molar-refractivity contribution in [3.8, 4) is 0 Å². The summed E-state index contributed by atoms with van der Waals surface area (Å²) in [6, 6.07) is 8.18. The van der Waals surface area contributed by atoms with Gasteiger partial charge in [0, 0.05) is 0 Å². The molecule has 0 aliphatic carbocycles. The van der Waals surface area contributed by atoms with Crippen LogP contribution in [0.4, 0.5) is 0 Å². The molecule has 1 rings (SSSR count). The summed E-state index contributed by atoms with van der Waals surface area (Å²) >= 11 is 0. The van der Waals surface area contributed by atoms with E-state index in [9.17, 15) is 0 Å². The number of rotatable bonds is 1. The molecule has 0 spiro atoms. The molecule has 0 heterocycles. The van der Waals surface area contributed by atoms with Crippen LogP contribution in [0.5, 0.6) is 0 Å². The first-order valence-electron chi connectivity index (χ1n) is 3.78. The second-order valence-electron chi connectivity index (χ2n) is 3.58. The minimum Gasteiger partial charge on any atom is -0.0617 e. The molecule has 0 unspecified atom stereocenters. The van der Waals surface area contributed by atoms with Crippen LogP contribution in [0.25, 0.3) is 0 Å². The Morgan fingerprint density at radius 1 is 1.27 bits per heavy atom. The van der Waals surface area contributed by atoms with Crippen LogP contribution in [0, 0.1) is 13.8 Å². The molecule has 0 atom stereocenters. The lowest BCUT2D eigenvalue weighted by molar-refractivity contribution is 0.664. The molecule has 0 aliphatic heterocycles. The molecule has 0 heteroatoms. The highest BCUT2D eigenvalue weighted by Crippen LogP contribution is 2.21. The third-order valence-electron chi connectivity index (χ3n) is 1.71. The van der Waals surface area contributed by atoms with Gasteiger partial charge in [-0.2, -0.15) is 0 Å². The highest BCUT2D eigenvalue weighted by molar-refractivity contribution is 5.31. The summed E-state index contributed by atoms with van der Waals surface area (Å²) in [5.74, 6) is 0. The van der Waals surface area contributed by atoms with Gasteiger partial charge in [0.05, 0.1) is 0 Å². The average molecular weight is 146 g/mol. The molecule has 0 fully saturated rings. The summed E-state index contributed by atoms with van der Waals surface area (Å²) in [7, 11) is 0. The maximum Gasteiger partial charge on any atom is -0.0103 e. The zero-order valence-electron chi connectivity index (χ0n) is 7.22. The van der Waals surface area contributed by atoms with Gasteiger partial charge in [0.15, 0.2) is 0 Å². The second-order valence-corrected chi connectivity index (χ2v) is 3.58. The van der Waals surface area contributed by atoms with E-state index in [4.69, 9.17) is 0 Å². The molecule has 0 N–H and O–H groups in total. The summed E-state index contributed by atoms with van der Waals surface area (Å²) in [5, 5.41) is 0. The maximum atomic E-state index is 4.05. The summed E-state index contributed by atoms with van der Waals surface area (Å²) in [4.78, 5) is 0. The second kappa shape index (κ2) is 2.69. The first-order valence-corrected chi connectivity index (χ1v) is 3.78. The number of hydrogen-bond donors (Lipinski definition) is 0. The van der Waals surface area contributed by atoms with Crippen molar-refractivity contribution in [2.24, 2.45) is 0 Å². The minimum absolute atomic E-state index is 0.00625. The van der Waals surface area contributed by atoms with Crippen LogP contribution >= 0.6 is 0 Å². The van der Waals surface area contributed by atoms with Crippen molar-refractivity contribution in [1.82, 2.24) is 0 Å². The molecule has 11 heavy (non-hydrogen) atoms. The summed E-state index contributed by atoms with van der Waals surface area (Å²) in [5.41, 5.74) is 2.29. The van der Waals surface area contributed by atoms with E-state index in [0.29, 0.717) is 0 Å². The predicted octanol–water partition coefficient (Wildman–Crippen LogP) is 2.98. The summed E-state index contributed by atoms with van der Waals surface area (Å²) in [6.07, 6.45) is 0. The van der Waals surface area contributed by atoms with E-state index >= 15 is 0 Å². The van der Waals surface area contributed by atoms with Gasteiger partial charge in [-0.05, 0) is 30.4 Å². The van der Waals surface area contributed by atoms with E-state index in [2.05, 4.69) is 39.8 Å². The van der Waals surface area contributed by atoms with E-state index < -0.39 is 0 Å². The standard InChI is InChI=1S/C11H14/c1-9-6-5-7-10(8-9)11(2,3)4/h5-8H,1-2H2,3-4H3. The molecular formula is C11H14. The Morgan fingerprint density at radius 3 is 2.27 bits per heavy atom. The zero-order chi connectivity index (χ0) is 8.48. The lowest BCUT2D eigenvalue weighted by Gasteiger charge is -2.18. The lowest BCUT2D eigenvalue weighted by atomic mass is 9.86. The van der Waals surface area contributed by atoms with Gasteiger partial charge in [-0.15, -0.1) is 0 Å². The highest BCUT2D eigenvalue weighted by atomic mass is 14.2. The van der Waals surface area contributed by atoms with E-state index in [1.807, 2.05) is 12.1 Å². The van der Waals surface area contributed by atoms with Gasteiger partial charge < -0.3 is 0 Å². The van der Waals surface area contributed by atoms with Gasteiger partial charge in [-0.25, -0.2) is 0 Å². The van der Waals surface area contributed by atoms with E-state index in [1.165, 1.54) is 5.56 Å². The third kappa shape index (κ3) is 2.07. The predicted molar refractivity (Wildman–Crippen MR) is 49.3 cm³/mol. The van der Waals surface area contributed by atoms with Crippen LogP contribution in [0.2, 0.25) is 0 Å². The average Bonchev–Trinajstić information content (AvgIpc) is 1.86. The Bertz CT molecular complexity index is 240. The van der Waals surface area contributed by atoms with Crippen molar-refractivity contribution in [3.05, 3.63) is 49.2 Å². The molecule has 1 aromatic carbocycles. The van der Waals surface area contributed by atoms with Gasteiger partial charge in [-0.1, -0.05) is 38.1 Å². The Hall–Kier alpha value is -0.780. The summed E-state index contributed by atoms with van der Waals surface area (Å²) < 4.78 is 0. The van der Waals surface area contributed by atoms with Crippen molar-refractivity contribution in [1.29, 1.82) is 0 Å². The van der Waals surface area contributed by atoms with E-state index in [1.54, 1.807) is 0 Å². The largest absolute Gasteiger partial charge is 0.0617 e. The third-order valence-corrected chi connectivity index (χ3v) is 1.71. The maximum absolute atomic E-state index is 4.05. The van der Waals surface area contributed by atoms with Crippen LogP contribution < -0.4 is 0 Å². The number of hydrogen-bond acceptors (Lipinski definition) is 0. The fraction of sp³-hybridized carbons (Fsp3) is 0.273. The summed E-state index contributed by atoms with van der Waals surface area (Å²) in [6.45, 7) is 12.1. The Labute approximate surface area is 69.3 Å². The first-order chi connectivity index (χ1) is 5.00. The Kier molecular flexibility index (Phi) is 2.03. The van der Waals surface area contributed by atoms with Crippen molar-refractivity contribution < 1.29 is 0 Å². The van der Waals surface area contributed by atoms with Crippen molar-refractivity contribution in [2.75, 3.05) is 0 Å². The molecule has 0 aliphatic rings. The van der Waals surface area contributed by atoms with Crippen molar-refractivity contribution >= 4 is 0 Å². The zero-order valence-corrected chi connectivity index (χ0v) is 7.22. The van der Waals surface area contributed by atoms with Crippen LogP contribution in [-0.2, 0) is 5.41 Å². The fourth-order valence-corrected chi connectivity index (χ4v) is 0.992. The van der Waals surface area contributed by atoms with Crippen LogP contribution in [0.15, 0.2) is 24.3 Å². The smallest absolute Gasteiger partial charge is 0.0103 e. The quantitative estimate of drug-likeness (QED) is 0.571. The fourth-order valence-electron chi connectivity index (χ4n) is 0.992. The molecule has 2 radical (unpaired) electrons. The molecule has 0 nitrogen and oxygen atoms in total. The normalized spacial score (nSPS) is 11.6. The monoisotopic (exact) mass is 146 g/mol. The number of benzene rings is 1. The van der Waals surface area contributed by atoms with Crippen molar-refractivity contribution in [3.63, 3.8) is 0 Å². The topological polar surface area (TPSA) is 0 Å². The van der Waals surface area contributed by atoms with Gasteiger partial charge >= 0.3 is 0 Å². The molecular weight excluding hydrogens is 132 g/mol. The van der Waals surface area contributed by atoms with Crippen LogP contribution in [-0.4, -0.2) is 0 Å². The van der Waals surface area contributed by atoms with Gasteiger partial charge in [-0.3, -0.25) is 0 Å².